The van der Waals surface area contributed by atoms with E-state index in [9.17, 15) is 33.4 Å². The standard InChI is InChI=1S/C26H19F3N2O3/c1-26(2,11-12-30)24-21(15-5-3-4-6-16(15)25(33)34)22-20(10-9-18(28)23(22)32)31(24)14-7-8-17(27)19(29)13-14/h3-10,13,32H,11H2,1-2H3,(H,33,34). The molecule has 0 aliphatic heterocycles. The van der Waals surface area contributed by atoms with E-state index in [-0.39, 0.29) is 39.7 Å². The molecule has 172 valence electrons. The normalized spacial score (nSPS) is 11.5. The largest absolute Gasteiger partial charge is 0.504 e. The zero-order chi connectivity index (χ0) is 24.8. The highest BCUT2D eigenvalue weighted by Gasteiger charge is 2.34. The second kappa shape index (κ2) is 8.27. The van der Waals surface area contributed by atoms with Gasteiger partial charge in [-0.25, -0.2) is 18.0 Å². The van der Waals surface area contributed by atoms with Crippen LogP contribution in [0.15, 0.2) is 54.6 Å². The molecule has 0 saturated heterocycles. The zero-order valence-electron chi connectivity index (χ0n) is 18.2. The number of aromatic nitrogens is 1. The first-order valence-electron chi connectivity index (χ1n) is 10.3. The Morgan fingerprint density at radius 1 is 1.03 bits per heavy atom. The van der Waals surface area contributed by atoms with Gasteiger partial charge in [-0.15, -0.1) is 0 Å². The van der Waals surface area contributed by atoms with Crippen LogP contribution in [0, 0.1) is 28.8 Å². The van der Waals surface area contributed by atoms with E-state index >= 15 is 0 Å². The fourth-order valence-corrected chi connectivity index (χ4v) is 4.30. The van der Waals surface area contributed by atoms with E-state index in [1.807, 2.05) is 0 Å². The number of aromatic carboxylic acids is 1. The van der Waals surface area contributed by atoms with Crippen molar-refractivity contribution in [3.8, 4) is 28.6 Å². The molecule has 1 aromatic heterocycles. The van der Waals surface area contributed by atoms with E-state index in [0.717, 1.165) is 18.2 Å². The zero-order valence-corrected chi connectivity index (χ0v) is 18.2. The van der Waals surface area contributed by atoms with E-state index in [0.29, 0.717) is 5.69 Å². The van der Waals surface area contributed by atoms with Crippen LogP contribution in [0.1, 0.15) is 36.3 Å². The molecule has 0 bridgehead atoms. The maximum Gasteiger partial charge on any atom is 0.336 e. The van der Waals surface area contributed by atoms with Crippen molar-refractivity contribution >= 4 is 16.9 Å². The number of hydrogen-bond donors (Lipinski definition) is 2. The summed E-state index contributed by atoms with van der Waals surface area (Å²) in [4.78, 5) is 12.0. The van der Waals surface area contributed by atoms with Crippen LogP contribution in [0.3, 0.4) is 0 Å². The Morgan fingerprint density at radius 3 is 2.35 bits per heavy atom. The predicted molar refractivity (Wildman–Crippen MR) is 120 cm³/mol. The van der Waals surface area contributed by atoms with Gasteiger partial charge in [0.1, 0.15) is 0 Å². The molecule has 0 aliphatic carbocycles. The molecule has 4 aromatic rings. The Labute approximate surface area is 192 Å². The monoisotopic (exact) mass is 464 g/mol. The van der Waals surface area contributed by atoms with Crippen molar-refractivity contribution < 1.29 is 28.2 Å². The van der Waals surface area contributed by atoms with Gasteiger partial charge in [0.2, 0.25) is 0 Å². The number of nitriles is 1. The molecule has 3 aromatic carbocycles. The minimum atomic E-state index is -1.25. The molecule has 0 unspecified atom stereocenters. The molecule has 4 rings (SSSR count). The first-order valence-corrected chi connectivity index (χ1v) is 10.3. The predicted octanol–water partition coefficient (Wildman–Crippen LogP) is 6.31. The third-order valence-corrected chi connectivity index (χ3v) is 5.81. The van der Waals surface area contributed by atoms with Crippen molar-refractivity contribution in [3.63, 3.8) is 0 Å². The van der Waals surface area contributed by atoms with Crippen LogP contribution in [-0.4, -0.2) is 20.7 Å². The number of fused-ring (bicyclic) bond motifs is 1. The Hall–Kier alpha value is -4.25. The molecule has 0 atom stereocenters. The van der Waals surface area contributed by atoms with Crippen LogP contribution in [0.25, 0.3) is 27.7 Å². The Balaban J connectivity index is 2.30. The minimum absolute atomic E-state index is 0.000511. The van der Waals surface area contributed by atoms with Crippen molar-refractivity contribution in [1.29, 1.82) is 5.26 Å². The van der Waals surface area contributed by atoms with E-state index < -0.39 is 34.6 Å². The van der Waals surface area contributed by atoms with Crippen molar-refractivity contribution in [2.75, 3.05) is 0 Å². The van der Waals surface area contributed by atoms with E-state index in [1.54, 1.807) is 19.9 Å². The average molecular weight is 464 g/mol. The molecule has 0 saturated carbocycles. The third-order valence-electron chi connectivity index (χ3n) is 5.81. The molecule has 0 amide bonds. The van der Waals surface area contributed by atoms with Crippen LogP contribution < -0.4 is 0 Å². The number of rotatable bonds is 5. The lowest BCUT2D eigenvalue weighted by Gasteiger charge is -2.27. The molecule has 1 heterocycles. The molecule has 0 spiro atoms. The van der Waals surface area contributed by atoms with Crippen molar-refractivity contribution in [3.05, 3.63) is 83.3 Å². The summed E-state index contributed by atoms with van der Waals surface area (Å²) in [5.74, 6) is -5.09. The number of benzene rings is 3. The fourth-order valence-electron chi connectivity index (χ4n) is 4.30. The molecular formula is C26H19F3N2O3. The lowest BCUT2D eigenvalue weighted by Crippen LogP contribution is -2.22. The number of nitrogens with zero attached hydrogens (tertiary/aromatic N) is 2. The van der Waals surface area contributed by atoms with Gasteiger partial charge in [0.05, 0.1) is 22.5 Å². The van der Waals surface area contributed by atoms with Crippen molar-refractivity contribution in [2.45, 2.75) is 25.7 Å². The number of carboxylic acid groups (broad SMARTS) is 1. The maximum atomic E-state index is 14.6. The summed E-state index contributed by atoms with van der Waals surface area (Å²) in [7, 11) is 0. The van der Waals surface area contributed by atoms with Gasteiger partial charge in [0.25, 0.3) is 0 Å². The Morgan fingerprint density at radius 2 is 1.71 bits per heavy atom. The van der Waals surface area contributed by atoms with Gasteiger partial charge in [0, 0.05) is 34.8 Å². The first-order chi connectivity index (χ1) is 16.1. The summed E-state index contributed by atoms with van der Waals surface area (Å²) >= 11 is 0. The highest BCUT2D eigenvalue weighted by Crippen LogP contribution is 2.48. The number of aromatic hydroxyl groups is 1. The summed E-state index contributed by atoms with van der Waals surface area (Å²) in [6, 6.07) is 13.7. The summed E-state index contributed by atoms with van der Waals surface area (Å²) in [5.41, 5.74) is 0.0196. The van der Waals surface area contributed by atoms with Crippen LogP contribution in [0.5, 0.6) is 5.75 Å². The first kappa shape index (κ1) is 22.9. The summed E-state index contributed by atoms with van der Waals surface area (Å²) in [6.45, 7) is 3.45. The van der Waals surface area contributed by atoms with Crippen LogP contribution in [0.4, 0.5) is 13.2 Å². The second-order valence-corrected chi connectivity index (χ2v) is 8.52. The smallest absolute Gasteiger partial charge is 0.336 e. The quantitative estimate of drug-likeness (QED) is 0.362. The van der Waals surface area contributed by atoms with Gasteiger partial charge in [-0.1, -0.05) is 32.0 Å². The van der Waals surface area contributed by atoms with Crippen molar-refractivity contribution in [1.82, 2.24) is 4.57 Å². The number of halogens is 3. The molecule has 8 heteroatoms. The number of phenols is 1. The van der Waals surface area contributed by atoms with Crippen LogP contribution >= 0.6 is 0 Å². The molecule has 0 radical (unpaired) electrons. The number of carboxylic acids is 1. The number of hydrogen-bond acceptors (Lipinski definition) is 3. The highest BCUT2D eigenvalue weighted by molar-refractivity contribution is 6.08. The molecule has 0 fully saturated rings. The van der Waals surface area contributed by atoms with Gasteiger partial charge in [-0.3, -0.25) is 0 Å². The number of phenolic OH excluding ortho intramolecular Hbond substituents is 1. The maximum absolute atomic E-state index is 14.6. The van der Waals surface area contributed by atoms with Gasteiger partial charge in [0.15, 0.2) is 23.2 Å². The lowest BCUT2D eigenvalue weighted by molar-refractivity contribution is 0.0697. The summed E-state index contributed by atoms with van der Waals surface area (Å²) in [5, 5.41) is 30.1. The Kier molecular flexibility index (Phi) is 5.57. The van der Waals surface area contributed by atoms with Crippen molar-refractivity contribution in [2.24, 2.45) is 0 Å². The highest BCUT2D eigenvalue weighted by atomic mass is 19.2. The molecule has 2 N–H and O–H groups in total. The fraction of sp³-hybridized carbons (Fsp3) is 0.154. The van der Waals surface area contributed by atoms with E-state index in [4.69, 9.17) is 0 Å². The Bertz CT molecular complexity index is 1500. The number of carbonyl (C=O) groups is 1. The molecular weight excluding hydrogens is 445 g/mol. The van der Waals surface area contributed by atoms with E-state index in [2.05, 4.69) is 6.07 Å². The third kappa shape index (κ3) is 3.55. The van der Waals surface area contributed by atoms with Crippen LogP contribution in [-0.2, 0) is 5.41 Å². The summed E-state index contributed by atoms with van der Waals surface area (Å²) < 4.78 is 44.1. The minimum Gasteiger partial charge on any atom is -0.504 e. The van der Waals surface area contributed by atoms with E-state index in [1.165, 1.54) is 34.9 Å². The topological polar surface area (TPSA) is 86.2 Å². The van der Waals surface area contributed by atoms with Crippen LogP contribution in [0.2, 0.25) is 0 Å². The van der Waals surface area contributed by atoms with Gasteiger partial charge in [-0.05, 0) is 35.9 Å². The SMILES string of the molecule is CC(C)(CC#N)c1c(-c2ccccc2C(=O)O)c2c(O)c(F)ccc2n1-c1ccc(F)c(F)c1. The molecule has 5 nitrogen and oxygen atoms in total. The van der Waals surface area contributed by atoms with Gasteiger partial charge < -0.3 is 14.8 Å². The second-order valence-electron chi connectivity index (χ2n) is 8.52. The summed E-state index contributed by atoms with van der Waals surface area (Å²) in [6.07, 6.45) is -0.0432. The average Bonchev–Trinajstić information content (AvgIpc) is 3.14. The van der Waals surface area contributed by atoms with Gasteiger partial charge >= 0.3 is 5.97 Å². The molecule has 34 heavy (non-hydrogen) atoms. The molecule has 0 aliphatic rings. The van der Waals surface area contributed by atoms with Gasteiger partial charge in [-0.2, -0.15) is 5.26 Å². The lowest BCUT2D eigenvalue weighted by atomic mass is 9.81.